The molecule has 0 bridgehead atoms. The number of rotatable bonds is 8. The number of nitrogens with zero attached hydrogens (tertiary/aromatic N) is 3. The summed E-state index contributed by atoms with van der Waals surface area (Å²) in [6.45, 7) is 2.08. The average Bonchev–Trinajstić information content (AvgIpc) is 3.25. The Balaban J connectivity index is 1.66. The van der Waals surface area contributed by atoms with Crippen LogP contribution in [0.4, 0.5) is 22.7 Å². The molecule has 10 heteroatoms. The maximum absolute atomic E-state index is 12.7. The van der Waals surface area contributed by atoms with E-state index in [9.17, 15) is 25.0 Å². The van der Waals surface area contributed by atoms with Gasteiger partial charge < -0.3 is 15.5 Å². The van der Waals surface area contributed by atoms with Gasteiger partial charge in [-0.15, -0.1) is 0 Å². The highest BCUT2D eigenvalue weighted by atomic mass is 16.6. The van der Waals surface area contributed by atoms with Gasteiger partial charge in [-0.3, -0.25) is 25.0 Å². The molecule has 0 saturated carbocycles. The van der Waals surface area contributed by atoms with Crippen molar-refractivity contribution < 1.29 is 14.6 Å². The molecule has 152 valence electrons. The maximum Gasteiger partial charge on any atom is 0.292 e. The predicted octanol–water partition coefficient (Wildman–Crippen LogP) is 2.95. The van der Waals surface area contributed by atoms with Gasteiger partial charge in [-0.2, -0.15) is 0 Å². The number of nitrogens with one attached hydrogen (secondary N) is 2. The summed E-state index contributed by atoms with van der Waals surface area (Å²) in [7, 11) is 0. The molecular formula is C19H21N5O5. The van der Waals surface area contributed by atoms with Crippen LogP contribution in [0.25, 0.3) is 0 Å². The standard InChI is InChI=1S/C19H21N5O5/c25-19(21-10-9-20-16-5-1-2-6-18(16)24(28)29)15-13-14(23(26)27)7-8-17(15)22-11-3-4-12-22/h1-2,5-8,13,20H,3-4,9-12H2,(H,21,25). The minimum absolute atomic E-state index is 0.0474. The van der Waals surface area contributed by atoms with Crippen molar-refractivity contribution in [3.8, 4) is 0 Å². The van der Waals surface area contributed by atoms with Crippen LogP contribution in [-0.2, 0) is 0 Å². The first kappa shape index (κ1) is 20.1. The van der Waals surface area contributed by atoms with Crippen molar-refractivity contribution in [3.63, 3.8) is 0 Å². The van der Waals surface area contributed by atoms with E-state index in [1.165, 1.54) is 18.2 Å². The maximum atomic E-state index is 12.7. The fourth-order valence-electron chi connectivity index (χ4n) is 3.30. The van der Waals surface area contributed by atoms with Gasteiger partial charge in [0.25, 0.3) is 17.3 Å². The highest BCUT2D eigenvalue weighted by molar-refractivity contribution is 6.00. The molecule has 3 rings (SSSR count). The lowest BCUT2D eigenvalue weighted by Gasteiger charge is -2.21. The van der Waals surface area contributed by atoms with Gasteiger partial charge in [-0.05, 0) is 25.0 Å². The van der Waals surface area contributed by atoms with Crippen molar-refractivity contribution >= 4 is 28.7 Å². The van der Waals surface area contributed by atoms with Crippen molar-refractivity contribution in [1.29, 1.82) is 0 Å². The van der Waals surface area contributed by atoms with E-state index >= 15 is 0 Å². The number of para-hydroxylation sites is 2. The third kappa shape index (κ3) is 4.78. The van der Waals surface area contributed by atoms with Gasteiger partial charge in [0.2, 0.25) is 0 Å². The molecule has 1 heterocycles. The third-order valence-electron chi connectivity index (χ3n) is 4.71. The Morgan fingerprint density at radius 1 is 1.00 bits per heavy atom. The van der Waals surface area contributed by atoms with Gasteiger partial charge in [-0.1, -0.05) is 12.1 Å². The summed E-state index contributed by atoms with van der Waals surface area (Å²) in [5.74, 6) is -0.417. The smallest absolute Gasteiger partial charge is 0.292 e. The highest BCUT2D eigenvalue weighted by Crippen LogP contribution is 2.28. The molecule has 2 N–H and O–H groups in total. The van der Waals surface area contributed by atoms with Gasteiger partial charge in [0, 0.05) is 44.4 Å². The summed E-state index contributed by atoms with van der Waals surface area (Å²) in [5, 5.41) is 27.8. The zero-order valence-corrected chi connectivity index (χ0v) is 15.7. The molecule has 2 aromatic rings. The molecule has 0 unspecified atom stereocenters. The number of nitro benzene ring substituents is 2. The van der Waals surface area contributed by atoms with Crippen molar-refractivity contribution in [2.24, 2.45) is 0 Å². The average molecular weight is 399 g/mol. The summed E-state index contributed by atoms with van der Waals surface area (Å²) in [6, 6.07) is 10.5. The fraction of sp³-hybridized carbons (Fsp3) is 0.316. The summed E-state index contributed by atoms with van der Waals surface area (Å²) in [4.78, 5) is 35.9. The number of anilines is 2. The Hall–Kier alpha value is -3.69. The molecule has 1 fully saturated rings. The van der Waals surface area contributed by atoms with Crippen LogP contribution >= 0.6 is 0 Å². The predicted molar refractivity (Wildman–Crippen MR) is 108 cm³/mol. The third-order valence-corrected chi connectivity index (χ3v) is 4.71. The van der Waals surface area contributed by atoms with Crippen molar-refractivity contribution in [3.05, 3.63) is 68.3 Å². The van der Waals surface area contributed by atoms with Crippen LogP contribution in [0.1, 0.15) is 23.2 Å². The number of nitro groups is 2. The van der Waals surface area contributed by atoms with Gasteiger partial charge >= 0.3 is 0 Å². The summed E-state index contributed by atoms with van der Waals surface area (Å²) in [5.41, 5.74) is 1.11. The first-order valence-electron chi connectivity index (χ1n) is 9.26. The Labute approximate surface area is 166 Å². The Bertz CT molecular complexity index is 927. The summed E-state index contributed by atoms with van der Waals surface area (Å²) in [6.07, 6.45) is 2.02. The molecule has 29 heavy (non-hydrogen) atoms. The SMILES string of the molecule is O=C(NCCNc1ccccc1[N+](=O)[O-])c1cc([N+](=O)[O-])ccc1N1CCCC1. The topological polar surface area (TPSA) is 131 Å². The van der Waals surface area contributed by atoms with E-state index in [0.717, 1.165) is 25.9 Å². The second kappa shape index (κ2) is 9.00. The van der Waals surface area contributed by atoms with Crippen molar-refractivity contribution in [2.75, 3.05) is 36.4 Å². The Morgan fingerprint density at radius 2 is 1.72 bits per heavy atom. The second-order valence-electron chi connectivity index (χ2n) is 6.61. The van der Waals surface area contributed by atoms with Crippen LogP contribution in [0.2, 0.25) is 0 Å². The molecular weight excluding hydrogens is 378 g/mol. The number of hydrogen-bond acceptors (Lipinski definition) is 7. The Morgan fingerprint density at radius 3 is 2.41 bits per heavy atom. The molecule has 1 amide bonds. The molecule has 2 aromatic carbocycles. The largest absolute Gasteiger partial charge is 0.378 e. The number of carbonyl (C=O) groups excluding carboxylic acids is 1. The number of carbonyl (C=O) groups is 1. The van der Waals surface area contributed by atoms with Gasteiger partial charge in [0.15, 0.2) is 0 Å². The molecule has 1 aliphatic rings. The monoisotopic (exact) mass is 399 g/mol. The van der Waals surface area contributed by atoms with Crippen molar-refractivity contribution in [1.82, 2.24) is 5.32 Å². The van der Waals surface area contributed by atoms with Crippen molar-refractivity contribution in [2.45, 2.75) is 12.8 Å². The zero-order valence-electron chi connectivity index (χ0n) is 15.7. The molecule has 0 aromatic heterocycles. The quantitative estimate of drug-likeness (QED) is 0.396. The number of non-ortho nitro benzene ring substituents is 1. The van der Waals surface area contributed by atoms with Gasteiger partial charge in [-0.25, -0.2) is 0 Å². The lowest BCUT2D eigenvalue weighted by molar-refractivity contribution is -0.384. The van der Waals surface area contributed by atoms with Gasteiger partial charge in [0.1, 0.15) is 5.69 Å². The molecule has 0 aliphatic carbocycles. The Kier molecular flexibility index (Phi) is 6.22. The number of benzene rings is 2. The van der Waals surface area contributed by atoms with E-state index in [4.69, 9.17) is 0 Å². The number of hydrogen-bond donors (Lipinski definition) is 2. The minimum atomic E-state index is -0.527. The van der Waals surface area contributed by atoms with Crippen LogP contribution in [0.15, 0.2) is 42.5 Å². The first-order valence-corrected chi connectivity index (χ1v) is 9.26. The van der Waals surface area contributed by atoms with Crippen LogP contribution < -0.4 is 15.5 Å². The lowest BCUT2D eigenvalue weighted by atomic mass is 10.1. The van der Waals surface area contributed by atoms with E-state index in [1.807, 2.05) is 4.90 Å². The minimum Gasteiger partial charge on any atom is -0.378 e. The van der Waals surface area contributed by atoms with E-state index in [2.05, 4.69) is 10.6 Å². The van der Waals surface area contributed by atoms with Gasteiger partial charge in [0.05, 0.1) is 21.1 Å². The van der Waals surface area contributed by atoms with Crippen LogP contribution in [0, 0.1) is 20.2 Å². The fourth-order valence-corrected chi connectivity index (χ4v) is 3.30. The summed E-state index contributed by atoms with van der Waals surface area (Å²) >= 11 is 0. The van der Waals surface area contributed by atoms with E-state index in [-0.39, 0.29) is 30.0 Å². The molecule has 10 nitrogen and oxygen atoms in total. The highest BCUT2D eigenvalue weighted by Gasteiger charge is 2.22. The molecule has 0 radical (unpaired) electrons. The van der Waals surface area contributed by atoms with Crippen LogP contribution in [0.5, 0.6) is 0 Å². The van der Waals surface area contributed by atoms with E-state index < -0.39 is 15.8 Å². The summed E-state index contributed by atoms with van der Waals surface area (Å²) < 4.78 is 0. The normalized spacial score (nSPS) is 13.2. The lowest BCUT2D eigenvalue weighted by Crippen LogP contribution is -2.31. The second-order valence-corrected chi connectivity index (χ2v) is 6.61. The van der Waals surface area contributed by atoms with E-state index in [1.54, 1.807) is 24.3 Å². The molecule has 0 atom stereocenters. The molecule has 1 aliphatic heterocycles. The first-order chi connectivity index (χ1) is 14.0. The zero-order chi connectivity index (χ0) is 20.8. The molecule has 1 saturated heterocycles. The number of amides is 1. The molecule has 0 spiro atoms. The van der Waals surface area contributed by atoms with Crippen LogP contribution in [0.3, 0.4) is 0 Å². The van der Waals surface area contributed by atoms with Crippen LogP contribution in [-0.4, -0.2) is 41.9 Å². The van der Waals surface area contributed by atoms with E-state index in [0.29, 0.717) is 11.4 Å².